The van der Waals surface area contributed by atoms with E-state index in [1.807, 2.05) is 0 Å². The number of amides is 1. The van der Waals surface area contributed by atoms with Gasteiger partial charge in [0.05, 0.1) is 11.6 Å². The zero-order valence-electron chi connectivity index (χ0n) is 17.9. The second-order valence-corrected chi connectivity index (χ2v) is 8.09. The quantitative estimate of drug-likeness (QED) is 0.461. The van der Waals surface area contributed by atoms with E-state index in [1.165, 1.54) is 24.3 Å². The first-order valence-electron chi connectivity index (χ1n) is 10.7. The van der Waals surface area contributed by atoms with Crippen molar-refractivity contribution in [2.24, 2.45) is 7.05 Å². The fourth-order valence-electron chi connectivity index (χ4n) is 4.06. The summed E-state index contributed by atoms with van der Waals surface area (Å²) in [6.07, 6.45) is 1.62. The number of halogens is 2. The smallest absolute Gasteiger partial charge is 0.272 e. The monoisotopic (exact) mass is 449 g/mol. The molecular formula is C24H21F2N5O2. The normalized spacial score (nSPS) is 16.2. The van der Waals surface area contributed by atoms with Crippen molar-refractivity contribution in [2.75, 3.05) is 13.1 Å². The molecule has 0 saturated carbocycles. The lowest BCUT2D eigenvalue weighted by Gasteiger charge is -2.31. The second kappa shape index (κ2) is 8.57. The summed E-state index contributed by atoms with van der Waals surface area (Å²) in [7, 11) is 1.72. The van der Waals surface area contributed by atoms with Gasteiger partial charge in [0.2, 0.25) is 11.8 Å². The van der Waals surface area contributed by atoms with Crippen molar-refractivity contribution < 1.29 is 18.0 Å². The van der Waals surface area contributed by atoms with Gasteiger partial charge in [0.1, 0.15) is 17.3 Å². The molecule has 0 radical (unpaired) electrons. The predicted octanol–water partition coefficient (Wildman–Crippen LogP) is 4.44. The Morgan fingerprint density at radius 3 is 2.36 bits per heavy atom. The molecule has 4 aromatic rings. The summed E-state index contributed by atoms with van der Waals surface area (Å²) < 4.78 is 33.8. The Balaban J connectivity index is 1.32. The van der Waals surface area contributed by atoms with Gasteiger partial charge in [0, 0.05) is 31.3 Å². The SMILES string of the molecule is Cn1nc(-c2ccc(F)cc2)cc1C(=O)N1CCCC(c2nnc(-c3ccc(F)cc3)o2)C1. The van der Waals surface area contributed by atoms with Crippen LogP contribution in [0.3, 0.4) is 0 Å². The Morgan fingerprint density at radius 1 is 1.00 bits per heavy atom. The van der Waals surface area contributed by atoms with Crippen LogP contribution in [0.25, 0.3) is 22.7 Å². The van der Waals surface area contributed by atoms with Gasteiger partial charge >= 0.3 is 0 Å². The number of carbonyl (C=O) groups excluding carboxylic acids is 1. The number of aryl methyl sites for hydroxylation is 1. The maximum absolute atomic E-state index is 13.3. The van der Waals surface area contributed by atoms with E-state index in [2.05, 4.69) is 15.3 Å². The summed E-state index contributed by atoms with van der Waals surface area (Å²) in [5.41, 5.74) is 2.44. The van der Waals surface area contributed by atoms with Gasteiger partial charge in [-0.05, 0) is 67.4 Å². The van der Waals surface area contributed by atoms with Crippen LogP contribution in [0.15, 0.2) is 59.0 Å². The van der Waals surface area contributed by atoms with E-state index in [0.717, 1.165) is 18.4 Å². The van der Waals surface area contributed by atoms with Gasteiger partial charge in [-0.25, -0.2) is 8.78 Å². The van der Waals surface area contributed by atoms with Crippen molar-refractivity contribution in [3.8, 4) is 22.7 Å². The molecule has 3 heterocycles. The summed E-state index contributed by atoms with van der Waals surface area (Å²) in [5.74, 6) is -0.102. The summed E-state index contributed by atoms with van der Waals surface area (Å²) in [6, 6.07) is 13.6. The zero-order chi connectivity index (χ0) is 22.9. The first-order chi connectivity index (χ1) is 16.0. The molecule has 0 N–H and O–H groups in total. The van der Waals surface area contributed by atoms with E-state index in [-0.39, 0.29) is 23.5 Å². The highest BCUT2D eigenvalue weighted by molar-refractivity contribution is 5.93. The molecule has 1 amide bonds. The number of hydrogen-bond acceptors (Lipinski definition) is 5. The Bertz CT molecular complexity index is 1280. The molecule has 0 aliphatic carbocycles. The van der Waals surface area contributed by atoms with Crippen molar-refractivity contribution in [1.82, 2.24) is 24.9 Å². The predicted molar refractivity (Wildman–Crippen MR) is 116 cm³/mol. The fraction of sp³-hybridized carbons (Fsp3) is 0.250. The van der Waals surface area contributed by atoms with Gasteiger partial charge in [-0.2, -0.15) is 5.10 Å². The van der Waals surface area contributed by atoms with Crippen LogP contribution in [-0.4, -0.2) is 43.9 Å². The molecule has 0 bridgehead atoms. The minimum Gasteiger partial charge on any atom is -0.420 e. The summed E-state index contributed by atoms with van der Waals surface area (Å²) in [5, 5.41) is 12.7. The summed E-state index contributed by atoms with van der Waals surface area (Å²) in [4.78, 5) is 15.0. The third-order valence-electron chi connectivity index (χ3n) is 5.83. The molecule has 2 aromatic heterocycles. The van der Waals surface area contributed by atoms with Crippen LogP contribution in [0.1, 0.15) is 35.1 Å². The molecule has 168 valence electrons. The van der Waals surface area contributed by atoms with Crippen LogP contribution in [0, 0.1) is 11.6 Å². The molecule has 7 nitrogen and oxygen atoms in total. The van der Waals surface area contributed by atoms with Gasteiger partial charge < -0.3 is 9.32 Å². The molecule has 1 aliphatic rings. The number of piperidine rings is 1. The molecular weight excluding hydrogens is 428 g/mol. The molecule has 0 spiro atoms. The highest BCUT2D eigenvalue weighted by Crippen LogP contribution is 2.30. The standard InChI is InChI=1S/C24H21F2N5O2/c1-30-21(13-20(29-30)15-4-8-18(25)9-5-15)24(32)31-12-2-3-17(14-31)23-28-27-22(33-23)16-6-10-19(26)11-7-16/h4-11,13,17H,2-3,12,14H2,1H3. The second-order valence-electron chi connectivity index (χ2n) is 8.09. The Hall–Kier alpha value is -3.88. The molecule has 1 atom stereocenters. The molecule has 1 unspecified atom stereocenters. The number of rotatable bonds is 4. The number of nitrogens with zero attached hydrogens (tertiary/aromatic N) is 5. The van der Waals surface area contributed by atoms with Crippen molar-refractivity contribution in [1.29, 1.82) is 0 Å². The van der Waals surface area contributed by atoms with Crippen molar-refractivity contribution >= 4 is 5.91 Å². The molecule has 1 saturated heterocycles. The van der Waals surface area contributed by atoms with Gasteiger partial charge in [-0.15, -0.1) is 10.2 Å². The first-order valence-corrected chi connectivity index (χ1v) is 10.7. The average Bonchev–Trinajstić information content (AvgIpc) is 3.47. The fourth-order valence-corrected chi connectivity index (χ4v) is 4.06. The number of carbonyl (C=O) groups is 1. The van der Waals surface area contributed by atoms with Crippen molar-refractivity contribution in [2.45, 2.75) is 18.8 Å². The minimum absolute atomic E-state index is 0.0887. The Labute approximate surface area is 188 Å². The van der Waals surface area contributed by atoms with Crippen molar-refractivity contribution in [3.63, 3.8) is 0 Å². The first kappa shape index (κ1) is 21.0. The van der Waals surface area contributed by atoms with E-state index in [9.17, 15) is 13.6 Å². The summed E-state index contributed by atoms with van der Waals surface area (Å²) in [6.45, 7) is 1.06. The Kier molecular flexibility index (Phi) is 5.45. The number of benzene rings is 2. The van der Waals surface area contributed by atoms with Gasteiger partial charge in [0.25, 0.3) is 5.91 Å². The molecule has 33 heavy (non-hydrogen) atoms. The van der Waals surface area contributed by atoms with Gasteiger partial charge in [-0.1, -0.05) is 0 Å². The zero-order valence-corrected chi connectivity index (χ0v) is 17.9. The third-order valence-corrected chi connectivity index (χ3v) is 5.83. The summed E-state index contributed by atoms with van der Waals surface area (Å²) >= 11 is 0. The van der Waals surface area contributed by atoms with E-state index in [4.69, 9.17) is 4.42 Å². The number of hydrogen-bond donors (Lipinski definition) is 0. The molecule has 9 heteroatoms. The van der Waals surface area contributed by atoms with E-state index < -0.39 is 0 Å². The lowest BCUT2D eigenvalue weighted by atomic mass is 9.97. The van der Waals surface area contributed by atoms with E-state index >= 15 is 0 Å². The lowest BCUT2D eigenvalue weighted by molar-refractivity contribution is 0.0687. The highest BCUT2D eigenvalue weighted by Gasteiger charge is 2.30. The topological polar surface area (TPSA) is 77.1 Å². The Morgan fingerprint density at radius 2 is 1.67 bits per heavy atom. The maximum Gasteiger partial charge on any atom is 0.272 e. The van der Waals surface area contributed by atoms with Crippen molar-refractivity contribution in [3.05, 3.63) is 77.8 Å². The van der Waals surface area contributed by atoms with Crippen LogP contribution in [-0.2, 0) is 7.05 Å². The lowest BCUT2D eigenvalue weighted by Crippen LogP contribution is -2.40. The van der Waals surface area contributed by atoms with Crippen LogP contribution < -0.4 is 0 Å². The van der Waals surface area contributed by atoms with Crippen LogP contribution in [0.5, 0.6) is 0 Å². The molecule has 1 fully saturated rings. The molecule has 1 aliphatic heterocycles. The largest absolute Gasteiger partial charge is 0.420 e. The third kappa shape index (κ3) is 4.26. The number of likely N-dealkylation sites (tertiary alicyclic amines) is 1. The molecule has 5 rings (SSSR count). The minimum atomic E-state index is -0.335. The molecule has 2 aromatic carbocycles. The van der Waals surface area contributed by atoms with Crippen LogP contribution in [0.2, 0.25) is 0 Å². The van der Waals surface area contributed by atoms with Gasteiger partial charge in [0.15, 0.2) is 0 Å². The van der Waals surface area contributed by atoms with Crippen LogP contribution in [0.4, 0.5) is 8.78 Å². The van der Waals surface area contributed by atoms with Gasteiger partial charge in [-0.3, -0.25) is 9.48 Å². The maximum atomic E-state index is 13.3. The number of aromatic nitrogens is 4. The van der Waals surface area contributed by atoms with E-state index in [0.29, 0.717) is 41.8 Å². The van der Waals surface area contributed by atoms with E-state index in [1.54, 1.807) is 47.0 Å². The average molecular weight is 449 g/mol. The van der Waals surface area contributed by atoms with Crippen LogP contribution >= 0.6 is 0 Å². The highest BCUT2D eigenvalue weighted by atomic mass is 19.1.